The van der Waals surface area contributed by atoms with Crippen LogP contribution < -0.4 is 5.32 Å². The number of benzene rings is 2. The molecule has 3 N–H and O–H groups in total. The molecule has 9 heteroatoms. The average molecular weight is 570 g/mol. The summed E-state index contributed by atoms with van der Waals surface area (Å²) in [6.07, 6.45) is 10.3. The third-order valence-electron chi connectivity index (χ3n) is 6.98. The molecule has 2 aromatic carbocycles. The predicted molar refractivity (Wildman–Crippen MR) is 167 cm³/mol. The van der Waals surface area contributed by atoms with Gasteiger partial charge in [-0.15, -0.1) is 0 Å². The monoisotopic (exact) mass is 569 g/mol. The van der Waals surface area contributed by atoms with E-state index in [9.17, 15) is 9.18 Å². The number of nitrogens with one attached hydrogen (secondary N) is 3. The van der Waals surface area contributed by atoms with E-state index in [1.807, 2.05) is 73.7 Å². The van der Waals surface area contributed by atoms with Gasteiger partial charge in [-0.25, -0.2) is 14.4 Å². The summed E-state index contributed by atoms with van der Waals surface area (Å²) >= 11 is 0. The molecule has 0 bridgehead atoms. The first-order valence-corrected chi connectivity index (χ1v) is 13.7. The molecule has 0 radical (unpaired) electrons. The van der Waals surface area contributed by atoms with Crippen molar-refractivity contribution < 1.29 is 9.18 Å². The van der Waals surface area contributed by atoms with Crippen molar-refractivity contribution in [2.75, 3.05) is 0 Å². The molecule has 6 rings (SSSR count). The lowest BCUT2D eigenvalue weighted by Gasteiger charge is -2.08. The quantitative estimate of drug-likeness (QED) is 0.150. The number of hydrogen-bond donors (Lipinski definition) is 3. The average Bonchev–Trinajstić information content (AvgIpc) is 3.56. The summed E-state index contributed by atoms with van der Waals surface area (Å²) in [5.74, 6) is 0.158. The second-order valence-electron chi connectivity index (χ2n) is 10.1. The highest BCUT2D eigenvalue weighted by Gasteiger charge is 2.21. The zero-order valence-electron chi connectivity index (χ0n) is 23.4. The van der Waals surface area contributed by atoms with Crippen LogP contribution in [-0.4, -0.2) is 37.8 Å². The van der Waals surface area contributed by atoms with Crippen LogP contribution in [0.3, 0.4) is 0 Å². The van der Waals surface area contributed by atoms with E-state index >= 15 is 0 Å². The first-order valence-electron chi connectivity index (χ1n) is 13.7. The fraction of sp³-hybridized carbons (Fsp3) is 0.0882. The Morgan fingerprint density at radius 3 is 2.67 bits per heavy atom. The van der Waals surface area contributed by atoms with Gasteiger partial charge in [-0.3, -0.25) is 14.9 Å². The van der Waals surface area contributed by atoms with Crippen LogP contribution in [-0.2, 0) is 17.6 Å². The summed E-state index contributed by atoms with van der Waals surface area (Å²) in [6, 6.07) is 19.7. The summed E-state index contributed by atoms with van der Waals surface area (Å²) in [5, 5.41) is 10.5. The highest BCUT2D eigenvalue weighted by Crippen LogP contribution is 2.32. The van der Waals surface area contributed by atoms with E-state index < -0.39 is 0 Å². The van der Waals surface area contributed by atoms with Gasteiger partial charge in [-0.1, -0.05) is 60.7 Å². The maximum absolute atomic E-state index is 13.6. The fourth-order valence-electron chi connectivity index (χ4n) is 5.00. The van der Waals surface area contributed by atoms with Gasteiger partial charge in [0.15, 0.2) is 11.5 Å². The molecule has 3 aromatic heterocycles. The minimum Gasteiger partial charge on any atom is -0.340 e. The number of aliphatic imine (C=N–C) groups is 1. The van der Waals surface area contributed by atoms with Gasteiger partial charge in [0.25, 0.3) is 0 Å². The number of carbonyl (C=O) groups is 1. The molecule has 0 fully saturated rings. The lowest BCUT2D eigenvalue weighted by Crippen LogP contribution is -2.23. The molecule has 212 valence electrons. The topological polar surface area (TPSA) is 112 Å². The Labute approximate surface area is 247 Å². The van der Waals surface area contributed by atoms with Crippen molar-refractivity contribution in [1.29, 1.82) is 0 Å². The molecule has 0 atom stereocenters. The van der Waals surface area contributed by atoms with Crippen molar-refractivity contribution in [3.63, 3.8) is 0 Å². The molecule has 8 nitrogen and oxygen atoms in total. The van der Waals surface area contributed by atoms with Crippen LogP contribution >= 0.6 is 0 Å². The SMILES string of the molecule is C=N/C=C(\C=C(/C)NC(=O)Cc1ccccc1)c1ccc2[nH]nc(-c3nc4c([nH]3)CC=CC=C4c3ccc(F)cc3)c2n1. The number of allylic oxidation sites excluding steroid dienone is 6. The Morgan fingerprint density at radius 1 is 1.07 bits per heavy atom. The van der Waals surface area contributed by atoms with Gasteiger partial charge in [0, 0.05) is 35.2 Å². The summed E-state index contributed by atoms with van der Waals surface area (Å²) < 4.78 is 13.6. The van der Waals surface area contributed by atoms with Crippen LogP contribution in [0.15, 0.2) is 108 Å². The Morgan fingerprint density at radius 2 is 1.88 bits per heavy atom. The maximum Gasteiger partial charge on any atom is 0.228 e. The molecule has 0 spiro atoms. The molecular weight excluding hydrogens is 541 g/mol. The fourth-order valence-corrected chi connectivity index (χ4v) is 5.00. The molecule has 0 unspecified atom stereocenters. The number of imidazole rings is 1. The van der Waals surface area contributed by atoms with Gasteiger partial charge in [-0.05, 0) is 55.1 Å². The highest BCUT2D eigenvalue weighted by molar-refractivity contribution is 5.91. The van der Waals surface area contributed by atoms with Crippen LogP contribution in [0.1, 0.15) is 35.1 Å². The van der Waals surface area contributed by atoms with E-state index in [2.05, 4.69) is 32.2 Å². The van der Waals surface area contributed by atoms with Gasteiger partial charge >= 0.3 is 0 Å². The zero-order valence-corrected chi connectivity index (χ0v) is 23.4. The number of H-pyrrole nitrogens is 2. The molecule has 1 amide bonds. The molecule has 3 heterocycles. The summed E-state index contributed by atoms with van der Waals surface area (Å²) in [5.41, 5.74) is 8.26. The molecule has 1 aliphatic rings. The maximum atomic E-state index is 13.6. The Hall–Kier alpha value is -5.70. The van der Waals surface area contributed by atoms with E-state index in [0.717, 1.165) is 33.6 Å². The number of rotatable bonds is 8. The molecule has 0 saturated carbocycles. The van der Waals surface area contributed by atoms with E-state index in [-0.39, 0.29) is 18.1 Å². The normalized spacial score (nSPS) is 13.4. The van der Waals surface area contributed by atoms with Crippen molar-refractivity contribution in [3.05, 3.63) is 137 Å². The smallest absolute Gasteiger partial charge is 0.228 e. The van der Waals surface area contributed by atoms with E-state index in [1.165, 1.54) is 12.1 Å². The first-order chi connectivity index (χ1) is 21.0. The van der Waals surface area contributed by atoms with Gasteiger partial charge in [0.1, 0.15) is 11.3 Å². The van der Waals surface area contributed by atoms with Crippen LogP contribution in [0.25, 0.3) is 33.7 Å². The van der Waals surface area contributed by atoms with E-state index in [0.29, 0.717) is 40.4 Å². The summed E-state index contributed by atoms with van der Waals surface area (Å²) in [7, 11) is 0. The van der Waals surface area contributed by atoms with E-state index in [4.69, 9.17) is 9.97 Å². The number of aromatic amines is 2. The van der Waals surface area contributed by atoms with Crippen molar-refractivity contribution >= 4 is 34.8 Å². The molecule has 1 aliphatic carbocycles. The van der Waals surface area contributed by atoms with Crippen LogP contribution in [0.4, 0.5) is 4.39 Å². The number of fused-ring (bicyclic) bond motifs is 2. The first kappa shape index (κ1) is 27.5. The lowest BCUT2D eigenvalue weighted by molar-refractivity contribution is -0.119. The third kappa shape index (κ3) is 6.01. The van der Waals surface area contributed by atoms with Crippen LogP contribution in [0, 0.1) is 5.82 Å². The van der Waals surface area contributed by atoms with Gasteiger partial charge in [-0.2, -0.15) is 5.10 Å². The van der Waals surface area contributed by atoms with Crippen molar-refractivity contribution in [2.24, 2.45) is 4.99 Å². The van der Waals surface area contributed by atoms with E-state index in [1.54, 1.807) is 18.3 Å². The summed E-state index contributed by atoms with van der Waals surface area (Å²) in [4.78, 5) is 29.8. The summed E-state index contributed by atoms with van der Waals surface area (Å²) in [6.45, 7) is 5.43. The van der Waals surface area contributed by atoms with Crippen molar-refractivity contribution in [1.82, 2.24) is 30.5 Å². The number of hydrogen-bond acceptors (Lipinski definition) is 5. The third-order valence-corrected chi connectivity index (χ3v) is 6.98. The minimum absolute atomic E-state index is 0.118. The largest absolute Gasteiger partial charge is 0.340 e. The van der Waals surface area contributed by atoms with Crippen LogP contribution in [0.2, 0.25) is 0 Å². The number of aromatic nitrogens is 5. The molecular formula is C34H28FN7O. The molecule has 0 aliphatic heterocycles. The molecule has 0 saturated heterocycles. The number of pyridine rings is 1. The van der Waals surface area contributed by atoms with Crippen molar-refractivity contribution in [3.8, 4) is 11.5 Å². The molecule has 43 heavy (non-hydrogen) atoms. The number of halogens is 1. The second kappa shape index (κ2) is 12.0. The number of amides is 1. The number of carbonyl (C=O) groups excluding carboxylic acids is 1. The van der Waals surface area contributed by atoms with Gasteiger partial charge < -0.3 is 10.3 Å². The number of nitrogens with zero attached hydrogens (tertiary/aromatic N) is 4. The van der Waals surface area contributed by atoms with Crippen molar-refractivity contribution in [2.45, 2.75) is 19.8 Å². The van der Waals surface area contributed by atoms with Gasteiger partial charge in [0.05, 0.1) is 23.3 Å². The van der Waals surface area contributed by atoms with Gasteiger partial charge in [0.2, 0.25) is 5.91 Å². The highest BCUT2D eigenvalue weighted by atomic mass is 19.1. The Bertz CT molecular complexity index is 1940. The second-order valence-corrected chi connectivity index (χ2v) is 10.1. The minimum atomic E-state index is -0.291. The molecule has 5 aromatic rings. The standard InChI is InChI=1S/C34H28FN7O/c1-21(37-30(43)19-22-8-4-3-5-9-22)18-24(20-36-2)27-16-17-29-32(38-27)33(42-41-29)34-39-28-11-7-6-10-26(31(28)40-34)23-12-14-25(35)15-13-23/h3-10,12-18,20H,2,11,19H2,1H3,(H,37,43)(H,39,40)(H,41,42)/b21-18+,24-20+. The lowest BCUT2D eigenvalue weighted by atomic mass is 10.0. The Balaban J connectivity index is 1.31. The predicted octanol–water partition coefficient (Wildman–Crippen LogP) is 6.34. The zero-order chi connectivity index (χ0) is 29.8. The Kier molecular flexibility index (Phi) is 7.69. The van der Waals surface area contributed by atoms with Crippen LogP contribution in [0.5, 0.6) is 0 Å².